The van der Waals surface area contributed by atoms with Crippen molar-refractivity contribution in [2.45, 2.75) is 18.6 Å². The Kier molecular flexibility index (Phi) is 2.95. The number of nitrogens with zero attached hydrogens (tertiary/aromatic N) is 1. The van der Waals surface area contributed by atoms with Gasteiger partial charge in [0.2, 0.25) is 0 Å². The number of carbonyl (C=O) groups is 1. The second-order valence-corrected chi connectivity index (χ2v) is 5.92. The number of nitrogens with two attached hydrogens (primary N) is 1. The van der Waals surface area contributed by atoms with Crippen LogP contribution in [-0.2, 0) is 11.3 Å². The average Bonchev–Trinajstić information content (AvgIpc) is 2.97. The van der Waals surface area contributed by atoms with Gasteiger partial charge in [0.05, 0.1) is 6.54 Å². The molecule has 1 atom stereocenters. The quantitative estimate of drug-likeness (QED) is 0.887. The minimum Gasteiger partial charge on any atom is -0.440 e. The molecule has 3 rings (SSSR count). The van der Waals surface area contributed by atoms with Crippen LogP contribution in [-0.4, -0.2) is 29.7 Å². The highest BCUT2D eigenvalue weighted by molar-refractivity contribution is 7.99. The van der Waals surface area contributed by atoms with Crippen molar-refractivity contribution in [1.29, 1.82) is 0 Å². The van der Waals surface area contributed by atoms with E-state index >= 15 is 0 Å². The van der Waals surface area contributed by atoms with Crippen LogP contribution in [0.1, 0.15) is 12.0 Å². The van der Waals surface area contributed by atoms with Crippen LogP contribution >= 0.6 is 11.8 Å². The summed E-state index contributed by atoms with van der Waals surface area (Å²) in [7, 11) is 0. The van der Waals surface area contributed by atoms with Crippen LogP contribution < -0.4 is 10.6 Å². The minimum atomic E-state index is -0.256. The van der Waals surface area contributed by atoms with Crippen LogP contribution in [0.2, 0.25) is 0 Å². The van der Waals surface area contributed by atoms with E-state index in [9.17, 15) is 4.79 Å². The normalized spacial score (nSPS) is 26.9. The molecule has 2 saturated heterocycles. The SMILES string of the molecule is NCc1ccc(N2CC3(CCSC3)OC2=O)cc1. The second-order valence-electron chi connectivity index (χ2n) is 4.81. The Bertz CT molecular complexity index is 455. The van der Waals surface area contributed by atoms with Gasteiger partial charge in [-0.2, -0.15) is 11.8 Å². The van der Waals surface area contributed by atoms with E-state index in [1.54, 1.807) is 4.90 Å². The fraction of sp³-hybridized carbons (Fsp3) is 0.462. The molecule has 4 nitrogen and oxygen atoms in total. The fourth-order valence-corrected chi connectivity index (χ4v) is 3.75. The summed E-state index contributed by atoms with van der Waals surface area (Å²) in [4.78, 5) is 13.7. The summed E-state index contributed by atoms with van der Waals surface area (Å²) < 4.78 is 5.57. The molecular weight excluding hydrogens is 248 g/mol. The van der Waals surface area contributed by atoms with Crippen LogP contribution in [0, 0.1) is 0 Å². The van der Waals surface area contributed by atoms with E-state index < -0.39 is 0 Å². The number of amides is 1. The van der Waals surface area contributed by atoms with E-state index in [0.717, 1.165) is 29.2 Å². The zero-order chi connectivity index (χ0) is 12.6. The molecule has 2 aliphatic rings. The van der Waals surface area contributed by atoms with Gasteiger partial charge >= 0.3 is 6.09 Å². The Hall–Kier alpha value is -1.20. The van der Waals surface area contributed by atoms with Crippen LogP contribution in [0.3, 0.4) is 0 Å². The Morgan fingerprint density at radius 1 is 1.39 bits per heavy atom. The molecule has 2 fully saturated rings. The Morgan fingerprint density at radius 2 is 2.17 bits per heavy atom. The zero-order valence-corrected chi connectivity index (χ0v) is 10.9. The molecule has 5 heteroatoms. The number of ether oxygens (including phenoxy) is 1. The summed E-state index contributed by atoms with van der Waals surface area (Å²) in [5.74, 6) is 1.99. The van der Waals surface area contributed by atoms with E-state index in [4.69, 9.17) is 10.5 Å². The molecule has 0 bridgehead atoms. The Balaban J connectivity index is 1.81. The molecule has 2 aliphatic heterocycles. The van der Waals surface area contributed by atoms with Crippen molar-refractivity contribution in [2.75, 3.05) is 23.0 Å². The van der Waals surface area contributed by atoms with Crippen molar-refractivity contribution in [3.8, 4) is 0 Å². The maximum absolute atomic E-state index is 12.0. The van der Waals surface area contributed by atoms with Crippen LogP contribution in [0.25, 0.3) is 0 Å². The number of rotatable bonds is 2. The number of benzene rings is 1. The van der Waals surface area contributed by atoms with Crippen LogP contribution in [0.15, 0.2) is 24.3 Å². The molecule has 18 heavy (non-hydrogen) atoms. The van der Waals surface area contributed by atoms with E-state index in [2.05, 4.69) is 0 Å². The van der Waals surface area contributed by atoms with E-state index in [1.165, 1.54) is 0 Å². The van der Waals surface area contributed by atoms with Crippen LogP contribution in [0.4, 0.5) is 10.5 Å². The summed E-state index contributed by atoms with van der Waals surface area (Å²) in [5.41, 5.74) is 7.27. The standard InChI is InChI=1S/C13H16N2O2S/c14-7-10-1-3-11(4-2-10)15-8-13(17-12(15)16)5-6-18-9-13/h1-4H,5-9,14H2. The predicted molar refractivity (Wildman–Crippen MR) is 72.8 cm³/mol. The van der Waals surface area contributed by atoms with Gasteiger partial charge in [0.1, 0.15) is 5.60 Å². The van der Waals surface area contributed by atoms with Gasteiger partial charge in [-0.3, -0.25) is 4.90 Å². The molecule has 1 aromatic rings. The summed E-state index contributed by atoms with van der Waals surface area (Å²) in [6, 6.07) is 7.78. The molecule has 2 heterocycles. The maximum Gasteiger partial charge on any atom is 0.415 e. The molecule has 0 radical (unpaired) electrons. The zero-order valence-electron chi connectivity index (χ0n) is 10.1. The molecule has 1 aromatic carbocycles. The largest absolute Gasteiger partial charge is 0.440 e. The first-order valence-corrected chi connectivity index (χ1v) is 7.25. The van der Waals surface area contributed by atoms with Crippen molar-refractivity contribution in [1.82, 2.24) is 0 Å². The number of thioether (sulfide) groups is 1. The van der Waals surface area contributed by atoms with Gasteiger partial charge in [-0.05, 0) is 29.9 Å². The molecule has 0 saturated carbocycles. The summed E-state index contributed by atoms with van der Waals surface area (Å²) in [6.07, 6.45) is 0.735. The van der Waals surface area contributed by atoms with Crippen molar-refractivity contribution in [2.24, 2.45) is 5.73 Å². The number of hydrogen-bond donors (Lipinski definition) is 1. The van der Waals surface area contributed by atoms with Crippen molar-refractivity contribution in [3.05, 3.63) is 29.8 Å². The summed E-state index contributed by atoms with van der Waals surface area (Å²) >= 11 is 1.86. The number of carbonyl (C=O) groups excluding carboxylic acids is 1. The molecular formula is C13H16N2O2S. The van der Waals surface area contributed by atoms with Crippen LogP contribution in [0.5, 0.6) is 0 Å². The lowest BCUT2D eigenvalue weighted by Crippen LogP contribution is -2.34. The average molecular weight is 264 g/mol. The second kappa shape index (κ2) is 4.48. The van der Waals surface area contributed by atoms with E-state index in [1.807, 2.05) is 36.0 Å². The lowest BCUT2D eigenvalue weighted by Gasteiger charge is -2.19. The third-order valence-corrected chi connectivity index (χ3v) is 4.74. The third kappa shape index (κ3) is 1.97. The van der Waals surface area contributed by atoms with E-state index in [0.29, 0.717) is 13.1 Å². The van der Waals surface area contributed by atoms with Gasteiger partial charge in [-0.25, -0.2) is 4.79 Å². The van der Waals surface area contributed by atoms with Crippen molar-refractivity contribution >= 4 is 23.5 Å². The molecule has 2 N–H and O–H groups in total. The lowest BCUT2D eigenvalue weighted by atomic mass is 10.0. The number of hydrogen-bond acceptors (Lipinski definition) is 4. The first-order valence-electron chi connectivity index (χ1n) is 6.10. The van der Waals surface area contributed by atoms with E-state index in [-0.39, 0.29) is 11.7 Å². The molecule has 1 unspecified atom stereocenters. The van der Waals surface area contributed by atoms with Gasteiger partial charge in [0, 0.05) is 18.0 Å². The fourth-order valence-electron chi connectivity index (χ4n) is 2.43. The minimum absolute atomic E-state index is 0.224. The summed E-state index contributed by atoms with van der Waals surface area (Å²) in [5, 5.41) is 0. The molecule has 0 aromatic heterocycles. The highest BCUT2D eigenvalue weighted by Gasteiger charge is 2.47. The highest BCUT2D eigenvalue weighted by atomic mass is 32.2. The Labute approximate surface area is 110 Å². The first-order chi connectivity index (χ1) is 8.72. The Morgan fingerprint density at radius 3 is 2.78 bits per heavy atom. The lowest BCUT2D eigenvalue weighted by molar-refractivity contribution is 0.0782. The summed E-state index contributed by atoms with van der Waals surface area (Å²) in [6.45, 7) is 1.19. The predicted octanol–water partition coefficient (Wildman–Crippen LogP) is 1.98. The maximum atomic E-state index is 12.0. The van der Waals surface area contributed by atoms with Gasteiger partial charge < -0.3 is 10.5 Å². The van der Waals surface area contributed by atoms with Crippen molar-refractivity contribution in [3.63, 3.8) is 0 Å². The molecule has 0 aliphatic carbocycles. The van der Waals surface area contributed by atoms with Gasteiger partial charge in [-0.15, -0.1) is 0 Å². The monoisotopic (exact) mass is 264 g/mol. The smallest absolute Gasteiger partial charge is 0.415 e. The van der Waals surface area contributed by atoms with Crippen molar-refractivity contribution < 1.29 is 9.53 Å². The molecule has 96 valence electrons. The molecule has 1 spiro atoms. The highest BCUT2D eigenvalue weighted by Crippen LogP contribution is 2.38. The third-order valence-electron chi connectivity index (χ3n) is 3.52. The van der Waals surface area contributed by atoms with Gasteiger partial charge in [0.15, 0.2) is 0 Å². The first kappa shape index (κ1) is 11.9. The topological polar surface area (TPSA) is 55.6 Å². The number of anilines is 1. The molecule has 1 amide bonds. The van der Waals surface area contributed by atoms with Gasteiger partial charge in [-0.1, -0.05) is 12.1 Å². The van der Waals surface area contributed by atoms with Gasteiger partial charge in [0.25, 0.3) is 0 Å².